The molecule has 4 nitrogen and oxygen atoms in total. The third-order valence-corrected chi connectivity index (χ3v) is 5.32. The summed E-state index contributed by atoms with van der Waals surface area (Å²) in [6.07, 6.45) is 4.92. The van der Waals surface area contributed by atoms with Crippen LogP contribution in [0.15, 0.2) is 30.3 Å². The van der Waals surface area contributed by atoms with Gasteiger partial charge in [-0.1, -0.05) is 75.3 Å². The Bertz CT molecular complexity index is 615. The van der Waals surface area contributed by atoms with Gasteiger partial charge in [-0.25, -0.2) is 4.79 Å². The Morgan fingerprint density at radius 1 is 1.19 bits per heavy atom. The minimum absolute atomic E-state index is 0. The fraction of sp³-hybridized carbons (Fsp3) is 0.591. The summed E-state index contributed by atoms with van der Waals surface area (Å²) in [4.78, 5) is 15.0. The molecule has 26 heavy (non-hydrogen) atoms. The van der Waals surface area contributed by atoms with E-state index in [9.17, 15) is 9.90 Å². The molecule has 1 atom stereocenters. The molecule has 0 aromatic heterocycles. The van der Waals surface area contributed by atoms with Crippen LogP contribution in [-0.2, 0) is 15.1 Å². The largest absolute Gasteiger partial charge is 1.00 e. The van der Waals surface area contributed by atoms with E-state index in [4.69, 9.17) is 4.74 Å². The first-order chi connectivity index (χ1) is 12.6. The summed E-state index contributed by atoms with van der Waals surface area (Å²) in [5, 5.41) is 11.4. The van der Waals surface area contributed by atoms with Gasteiger partial charge in [0, 0.05) is 5.92 Å². The molecule has 1 aromatic carbocycles. The maximum absolute atomic E-state index is 12.8. The summed E-state index contributed by atoms with van der Waals surface area (Å²) in [7, 11) is 0. The van der Waals surface area contributed by atoms with Crippen LogP contribution >= 0.6 is 0 Å². The fourth-order valence-corrected chi connectivity index (χ4v) is 3.61. The van der Waals surface area contributed by atoms with Crippen molar-refractivity contribution in [3.63, 3.8) is 0 Å². The third kappa shape index (κ3) is 5.09. The Balaban J connectivity index is 0.00000364. The van der Waals surface area contributed by atoms with Crippen molar-refractivity contribution in [2.45, 2.75) is 51.6 Å². The van der Waals surface area contributed by atoms with Gasteiger partial charge < -0.3 is 9.84 Å². The normalized spacial score (nSPS) is 17.2. The summed E-state index contributed by atoms with van der Waals surface area (Å²) in [6.45, 7) is 6.75. The molecule has 2 rings (SSSR count). The number of hydrogen-bond donors (Lipinski definition) is 1. The lowest BCUT2D eigenvalue weighted by molar-refractivity contribution is -0.174. The first kappa shape index (κ1) is 20.5. The second kappa shape index (κ2) is 10.4. The van der Waals surface area contributed by atoms with Gasteiger partial charge in [0.05, 0.1) is 6.54 Å². The highest BCUT2D eigenvalue weighted by atomic mass is 16.5. The van der Waals surface area contributed by atoms with E-state index in [-0.39, 0.29) is 14.0 Å². The lowest BCUT2D eigenvalue weighted by Crippen LogP contribution is -2.45. The quantitative estimate of drug-likeness (QED) is 0.599. The first-order valence-electron chi connectivity index (χ1n) is 9.76. The van der Waals surface area contributed by atoms with Gasteiger partial charge in [-0.2, -0.15) is 0 Å². The van der Waals surface area contributed by atoms with Crippen molar-refractivity contribution in [1.29, 1.82) is 0 Å². The molecule has 142 valence electrons. The van der Waals surface area contributed by atoms with Crippen LogP contribution < -0.4 is 0 Å². The molecule has 0 spiro atoms. The number of esters is 1. The van der Waals surface area contributed by atoms with Gasteiger partial charge >= 0.3 is 7.40 Å². The maximum Gasteiger partial charge on any atom is 1.00 e. The number of benzene rings is 1. The van der Waals surface area contributed by atoms with E-state index in [1.165, 1.54) is 0 Å². The summed E-state index contributed by atoms with van der Waals surface area (Å²) < 4.78 is 5.38. The zero-order chi connectivity index (χ0) is 18.8. The molecule has 1 fully saturated rings. The van der Waals surface area contributed by atoms with Crippen molar-refractivity contribution in [2.75, 3.05) is 26.2 Å². The Kier molecular flexibility index (Phi) is 8.15. The summed E-state index contributed by atoms with van der Waals surface area (Å²) >= 11 is 0. The highest BCUT2D eigenvalue weighted by molar-refractivity contribution is 5.81. The van der Waals surface area contributed by atoms with Crippen molar-refractivity contribution >= 4 is 5.97 Å². The highest BCUT2D eigenvalue weighted by Gasteiger charge is 2.46. The Morgan fingerprint density at radius 2 is 1.85 bits per heavy atom. The monoisotopic (exact) mass is 358 g/mol. The van der Waals surface area contributed by atoms with Crippen molar-refractivity contribution in [2.24, 2.45) is 5.92 Å². The topological polar surface area (TPSA) is 49.8 Å². The second-order valence-electron chi connectivity index (χ2n) is 6.86. The predicted octanol–water partition coefficient (Wildman–Crippen LogP) is 3.46. The van der Waals surface area contributed by atoms with E-state index in [0.29, 0.717) is 12.1 Å². The van der Waals surface area contributed by atoms with Crippen LogP contribution in [0.1, 0.15) is 52.9 Å². The molecule has 0 aliphatic heterocycles. The number of rotatable bonds is 7. The molecule has 1 aliphatic rings. The lowest BCUT2D eigenvalue weighted by atomic mass is 9.73. The Hall–Kier alpha value is -1.83. The zero-order valence-electron chi connectivity index (χ0n) is 17.0. The molecule has 4 heteroatoms. The number of aliphatic hydroxyl groups is 1. The minimum atomic E-state index is -1.58. The maximum atomic E-state index is 12.8. The van der Waals surface area contributed by atoms with Crippen LogP contribution in [0.2, 0.25) is 0 Å². The Morgan fingerprint density at radius 3 is 2.46 bits per heavy atom. The molecular weight excluding hydrogens is 326 g/mol. The summed E-state index contributed by atoms with van der Waals surface area (Å²) in [6, 6.07) is 9.19. The van der Waals surface area contributed by atoms with Crippen molar-refractivity contribution < 1.29 is 16.1 Å². The lowest BCUT2D eigenvalue weighted by Gasteiger charge is -2.36. The third-order valence-electron chi connectivity index (χ3n) is 5.32. The van der Waals surface area contributed by atoms with Gasteiger partial charge in [0.25, 0.3) is 0 Å². The van der Waals surface area contributed by atoms with E-state index in [1.54, 1.807) is 0 Å². The Labute approximate surface area is 159 Å². The fourth-order valence-electron chi connectivity index (χ4n) is 3.61. The van der Waals surface area contributed by atoms with Crippen molar-refractivity contribution in [3.8, 4) is 11.8 Å². The first-order valence-corrected chi connectivity index (χ1v) is 9.76. The number of ether oxygens (including phenoxy) is 1. The van der Waals surface area contributed by atoms with Gasteiger partial charge in [0.15, 0.2) is 12.2 Å². The van der Waals surface area contributed by atoms with E-state index in [1.807, 2.05) is 30.3 Å². The summed E-state index contributed by atoms with van der Waals surface area (Å²) in [5.74, 6) is 5.25. The molecule has 1 N–H and O–H groups in total. The second-order valence-corrected chi connectivity index (χ2v) is 6.86. The van der Waals surface area contributed by atoms with E-state index < -0.39 is 11.6 Å². The van der Waals surface area contributed by atoms with Crippen LogP contribution in [0.25, 0.3) is 0 Å². The molecule has 1 saturated carbocycles. The van der Waals surface area contributed by atoms with E-state index >= 15 is 0 Å². The number of carbonyl (C=O) groups is 1. The molecule has 1 aliphatic carbocycles. The molecule has 0 saturated heterocycles. The van der Waals surface area contributed by atoms with Gasteiger partial charge in [0.1, 0.15) is 0 Å². The van der Waals surface area contributed by atoms with Gasteiger partial charge in [-0.05, 0) is 31.5 Å². The standard InChI is InChI=1S/C22H31NO3/c1-3-23(4-2)17-11-12-18-26-21(24)22(25,19-13-7-5-8-14-19)20-15-9-6-10-16-20/h5,7-8,13-14,20,25H,3-4,6,9-10,15-18H2,1-2H3/p+1. The molecule has 0 radical (unpaired) electrons. The average Bonchev–Trinajstić information content (AvgIpc) is 2.71. The molecular formula is C22H32NO3+. The van der Waals surface area contributed by atoms with Gasteiger partial charge in [0.2, 0.25) is 0 Å². The van der Waals surface area contributed by atoms with E-state index in [0.717, 1.165) is 45.2 Å². The smallest absolute Gasteiger partial charge is 0.450 e. The van der Waals surface area contributed by atoms with Crippen LogP contribution in [-0.4, -0.2) is 42.2 Å². The minimum Gasteiger partial charge on any atom is -0.450 e. The van der Waals surface area contributed by atoms with Crippen molar-refractivity contribution in [3.05, 3.63) is 35.9 Å². The average molecular weight is 359 g/mol. The summed E-state index contributed by atoms with van der Waals surface area (Å²) in [5.41, 5.74) is -0.963. The van der Waals surface area contributed by atoms with Gasteiger partial charge in [-0.3, -0.25) is 4.90 Å². The highest BCUT2D eigenvalue weighted by Crippen LogP contribution is 2.40. The van der Waals surface area contributed by atoms with Gasteiger partial charge in [-0.15, -0.1) is 0 Å². The predicted molar refractivity (Wildman–Crippen MR) is 105 cm³/mol. The number of carbonyl (C=O) groups excluding carboxylic acids is 1. The van der Waals surface area contributed by atoms with E-state index in [2.05, 4.69) is 30.6 Å². The number of nitrogens with zero attached hydrogens (tertiary/aromatic N) is 1. The van der Waals surface area contributed by atoms with Crippen LogP contribution in [0.3, 0.4) is 0 Å². The molecule has 0 bridgehead atoms. The molecule has 1 unspecified atom stereocenters. The zero-order valence-corrected chi connectivity index (χ0v) is 16.0. The molecule has 0 heterocycles. The van der Waals surface area contributed by atoms with Crippen molar-refractivity contribution in [1.82, 2.24) is 4.90 Å². The van der Waals surface area contributed by atoms with Crippen LogP contribution in [0.5, 0.6) is 0 Å². The molecule has 0 amide bonds. The van der Waals surface area contributed by atoms with Crippen LogP contribution in [0, 0.1) is 17.8 Å². The molecule has 1 aromatic rings. The van der Waals surface area contributed by atoms with Crippen LogP contribution in [0.4, 0.5) is 0 Å². The number of hydrogen-bond acceptors (Lipinski definition) is 4. The SMILES string of the molecule is CCN(CC)CC#CCOC(=O)C(O)(c1ccccc1)C1CCCCC1.[H+].